The molecule has 114 valence electrons. The smallest absolute Gasteiger partial charge is 0.264 e. The third-order valence-electron chi connectivity index (χ3n) is 2.71. The molecule has 1 heterocycles. The lowest BCUT2D eigenvalue weighted by Gasteiger charge is -2.11. The second kappa shape index (κ2) is 6.23. The van der Waals surface area contributed by atoms with Crippen molar-refractivity contribution < 1.29 is 8.42 Å². The molecule has 0 atom stereocenters. The number of nitrogens with zero attached hydrogens (tertiary/aromatic N) is 2. The van der Waals surface area contributed by atoms with Crippen molar-refractivity contribution >= 4 is 39.0 Å². The summed E-state index contributed by atoms with van der Waals surface area (Å²) in [7, 11) is -0.399. The number of aromatic nitrogens is 2. The van der Waals surface area contributed by atoms with E-state index in [1.165, 1.54) is 16.8 Å². The van der Waals surface area contributed by atoms with Gasteiger partial charge in [0, 0.05) is 30.9 Å². The molecule has 1 aromatic heterocycles. The first kappa shape index (κ1) is 16.1. The Balaban J connectivity index is 2.41. The highest BCUT2D eigenvalue weighted by Crippen LogP contribution is 2.29. The Morgan fingerprint density at radius 1 is 1.29 bits per heavy atom. The molecule has 0 amide bonds. The summed E-state index contributed by atoms with van der Waals surface area (Å²) in [4.78, 5) is -0.0375. The minimum Gasteiger partial charge on any atom is -0.316 e. The zero-order valence-electron chi connectivity index (χ0n) is 11.4. The lowest BCUT2D eigenvalue weighted by atomic mass is 10.2. The van der Waals surface area contributed by atoms with Crippen molar-refractivity contribution in [3.8, 4) is 0 Å². The van der Waals surface area contributed by atoms with Gasteiger partial charge in [-0.1, -0.05) is 23.2 Å². The summed E-state index contributed by atoms with van der Waals surface area (Å²) in [5.74, 6) is 0.221. The highest BCUT2D eigenvalue weighted by Gasteiger charge is 2.21. The fraction of sp³-hybridized carbons (Fsp3) is 0.250. The predicted octanol–water partition coefficient (Wildman–Crippen LogP) is 2.25. The van der Waals surface area contributed by atoms with E-state index >= 15 is 0 Å². The van der Waals surface area contributed by atoms with Gasteiger partial charge in [0.05, 0.1) is 5.02 Å². The Bertz CT molecular complexity index is 759. The van der Waals surface area contributed by atoms with E-state index in [1.807, 2.05) is 0 Å². The molecule has 0 bridgehead atoms. The predicted molar refractivity (Wildman–Crippen MR) is 83.2 cm³/mol. The van der Waals surface area contributed by atoms with Gasteiger partial charge in [-0.15, -0.1) is 0 Å². The van der Waals surface area contributed by atoms with Crippen LogP contribution < -0.4 is 10.0 Å². The Kier molecular flexibility index (Phi) is 4.77. The molecular formula is C12H14Cl2N4O2S. The van der Waals surface area contributed by atoms with Crippen molar-refractivity contribution in [1.82, 2.24) is 15.1 Å². The van der Waals surface area contributed by atoms with Crippen LogP contribution in [-0.4, -0.2) is 25.2 Å². The normalized spacial score (nSPS) is 11.6. The molecule has 21 heavy (non-hydrogen) atoms. The molecule has 2 aromatic rings. The van der Waals surface area contributed by atoms with Gasteiger partial charge in [-0.05, 0) is 24.7 Å². The van der Waals surface area contributed by atoms with Crippen LogP contribution in [0.4, 0.5) is 5.82 Å². The maximum absolute atomic E-state index is 12.4. The first-order valence-corrected chi connectivity index (χ1v) is 8.22. The summed E-state index contributed by atoms with van der Waals surface area (Å²) < 4.78 is 28.7. The summed E-state index contributed by atoms with van der Waals surface area (Å²) in [6.45, 7) is 0.433. The quantitative estimate of drug-likeness (QED) is 0.868. The molecule has 0 aliphatic rings. The van der Waals surface area contributed by atoms with E-state index in [1.54, 1.807) is 26.4 Å². The Morgan fingerprint density at radius 2 is 2.00 bits per heavy atom. The van der Waals surface area contributed by atoms with E-state index < -0.39 is 10.0 Å². The first-order valence-electron chi connectivity index (χ1n) is 5.98. The molecule has 0 aliphatic heterocycles. The number of benzene rings is 1. The van der Waals surface area contributed by atoms with Crippen LogP contribution in [0.2, 0.25) is 10.0 Å². The van der Waals surface area contributed by atoms with Gasteiger partial charge < -0.3 is 5.32 Å². The van der Waals surface area contributed by atoms with Crippen molar-refractivity contribution in [3.63, 3.8) is 0 Å². The summed E-state index contributed by atoms with van der Waals surface area (Å²) in [5.41, 5.74) is 0.643. The van der Waals surface area contributed by atoms with Gasteiger partial charge in [0.15, 0.2) is 5.82 Å². The zero-order chi connectivity index (χ0) is 15.6. The van der Waals surface area contributed by atoms with E-state index in [0.717, 1.165) is 0 Å². The van der Waals surface area contributed by atoms with E-state index in [9.17, 15) is 8.42 Å². The number of aryl methyl sites for hydroxylation is 1. The maximum atomic E-state index is 12.4. The fourth-order valence-electron chi connectivity index (χ4n) is 1.77. The molecule has 6 nitrogen and oxygen atoms in total. The molecule has 0 radical (unpaired) electrons. The number of rotatable bonds is 5. The van der Waals surface area contributed by atoms with Crippen LogP contribution in [0.5, 0.6) is 0 Å². The van der Waals surface area contributed by atoms with Crippen LogP contribution in [0, 0.1) is 0 Å². The first-order chi connectivity index (χ1) is 9.83. The van der Waals surface area contributed by atoms with Crippen LogP contribution >= 0.6 is 23.2 Å². The molecule has 2 rings (SSSR count). The number of hydrogen-bond acceptors (Lipinski definition) is 4. The van der Waals surface area contributed by atoms with Crippen LogP contribution in [-0.2, 0) is 23.6 Å². The van der Waals surface area contributed by atoms with Crippen molar-refractivity contribution in [2.45, 2.75) is 11.4 Å². The third-order valence-corrected chi connectivity index (χ3v) is 4.88. The van der Waals surface area contributed by atoms with Crippen LogP contribution in [0.3, 0.4) is 0 Å². The Labute approximate surface area is 133 Å². The summed E-state index contributed by atoms with van der Waals surface area (Å²) in [5, 5.41) is 7.36. The van der Waals surface area contributed by atoms with E-state index in [-0.39, 0.29) is 15.7 Å². The zero-order valence-corrected chi connectivity index (χ0v) is 13.7. The van der Waals surface area contributed by atoms with Gasteiger partial charge in [0.2, 0.25) is 0 Å². The lowest BCUT2D eigenvalue weighted by molar-refractivity contribution is 0.600. The third kappa shape index (κ3) is 3.68. The number of hydrogen-bond donors (Lipinski definition) is 2. The molecule has 0 spiro atoms. The topological polar surface area (TPSA) is 76.0 Å². The second-order valence-electron chi connectivity index (χ2n) is 4.38. The Hall–Kier alpha value is -1.28. The standard InChI is InChI=1S/C12H14Cl2N4O2S/c1-15-7-8-5-11(10(14)6-9(8)13)21(19,20)17-12-3-4-18(2)16-12/h3-6,15H,7H2,1-2H3,(H,16,17). The van der Waals surface area contributed by atoms with Crippen LogP contribution in [0.15, 0.2) is 29.3 Å². The van der Waals surface area contributed by atoms with E-state index in [4.69, 9.17) is 23.2 Å². The van der Waals surface area contributed by atoms with E-state index in [0.29, 0.717) is 17.1 Å². The Morgan fingerprint density at radius 3 is 2.57 bits per heavy atom. The largest absolute Gasteiger partial charge is 0.316 e. The summed E-state index contributed by atoms with van der Waals surface area (Å²) in [6, 6.07) is 4.42. The van der Waals surface area contributed by atoms with Crippen molar-refractivity contribution in [2.24, 2.45) is 7.05 Å². The molecule has 0 unspecified atom stereocenters. The van der Waals surface area contributed by atoms with Gasteiger partial charge in [-0.25, -0.2) is 8.42 Å². The number of anilines is 1. The second-order valence-corrected chi connectivity index (χ2v) is 6.85. The number of sulfonamides is 1. The van der Waals surface area contributed by atoms with Gasteiger partial charge in [0.1, 0.15) is 4.90 Å². The molecule has 0 saturated heterocycles. The molecule has 9 heteroatoms. The minimum atomic E-state index is -3.83. The van der Waals surface area contributed by atoms with Gasteiger partial charge >= 0.3 is 0 Å². The SMILES string of the molecule is CNCc1cc(S(=O)(=O)Nc2ccn(C)n2)c(Cl)cc1Cl. The van der Waals surface area contributed by atoms with E-state index in [2.05, 4.69) is 15.1 Å². The molecular weight excluding hydrogens is 335 g/mol. The lowest BCUT2D eigenvalue weighted by Crippen LogP contribution is -2.15. The fourth-order valence-corrected chi connectivity index (χ4v) is 3.63. The average Bonchev–Trinajstić information content (AvgIpc) is 2.77. The average molecular weight is 349 g/mol. The summed E-state index contributed by atoms with van der Waals surface area (Å²) >= 11 is 12.0. The van der Waals surface area contributed by atoms with Crippen molar-refractivity contribution in [1.29, 1.82) is 0 Å². The highest BCUT2D eigenvalue weighted by molar-refractivity contribution is 7.92. The summed E-state index contributed by atoms with van der Waals surface area (Å²) in [6.07, 6.45) is 1.63. The molecule has 2 N–H and O–H groups in total. The number of halogens is 2. The molecule has 0 fully saturated rings. The monoisotopic (exact) mass is 348 g/mol. The van der Waals surface area contributed by atoms with Gasteiger partial charge in [0.25, 0.3) is 10.0 Å². The molecule has 1 aromatic carbocycles. The molecule has 0 aliphatic carbocycles. The van der Waals surface area contributed by atoms with Gasteiger partial charge in [-0.2, -0.15) is 5.10 Å². The highest BCUT2D eigenvalue weighted by atomic mass is 35.5. The van der Waals surface area contributed by atoms with Crippen molar-refractivity contribution in [3.05, 3.63) is 40.0 Å². The van der Waals surface area contributed by atoms with Crippen LogP contribution in [0.25, 0.3) is 0 Å². The number of nitrogens with one attached hydrogen (secondary N) is 2. The molecule has 0 saturated carbocycles. The van der Waals surface area contributed by atoms with Gasteiger partial charge in [-0.3, -0.25) is 9.40 Å². The minimum absolute atomic E-state index is 0.0375. The maximum Gasteiger partial charge on any atom is 0.264 e. The van der Waals surface area contributed by atoms with Crippen molar-refractivity contribution in [2.75, 3.05) is 11.8 Å². The van der Waals surface area contributed by atoms with Crippen LogP contribution in [0.1, 0.15) is 5.56 Å².